The zero-order valence-electron chi connectivity index (χ0n) is 13.3. The Morgan fingerprint density at radius 1 is 1.05 bits per heavy atom. The molecule has 1 unspecified atom stereocenters. The van der Waals surface area contributed by atoms with Gasteiger partial charge in [-0.05, 0) is 56.0 Å². The fraction of sp³-hybridized carbons (Fsp3) is 0.368. The average Bonchev–Trinajstić information content (AvgIpc) is 2.49. The molecule has 0 spiro atoms. The van der Waals surface area contributed by atoms with Gasteiger partial charge in [0.15, 0.2) is 0 Å². The van der Waals surface area contributed by atoms with Crippen molar-refractivity contribution in [2.45, 2.75) is 39.7 Å². The molecule has 0 aromatic heterocycles. The Labute approximate surface area is 128 Å². The van der Waals surface area contributed by atoms with E-state index in [0.29, 0.717) is 0 Å². The third-order valence-electron chi connectivity index (χ3n) is 3.92. The van der Waals surface area contributed by atoms with Gasteiger partial charge in [0.05, 0.1) is 0 Å². The van der Waals surface area contributed by atoms with Crippen LogP contribution in [-0.4, -0.2) is 12.6 Å². The second-order valence-electron chi connectivity index (χ2n) is 5.58. The summed E-state index contributed by atoms with van der Waals surface area (Å²) in [7, 11) is 0. The zero-order chi connectivity index (χ0) is 15.2. The van der Waals surface area contributed by atoms with Crippen LogP contribution in [0.2, 0.25) is 0 Å². The molecule has 0 aliphatic heterocycles. The van der Waals surface area contributed by atoms with Crippen LogP contribution < -0.4 is 10.6 Å². The summed E-state index contributed by atoms with van der Waals surface area (Å²) in [5.41, 5.74) is 11.3. The van der Waals surface area contributed by atoms with Gasteiger partial charge in [-0.3, -0.25) is 0 Å². The first-order chi connectivity index (χ1) is 10.2. The SMILES string of the molecule is CCC(N)Cc1ccccc1N(CC)c1cccc(C)c1. The van der Waals surface area contributed by atoms with Crippen LogP contribution in [-0.2, 0) is 6.42 Å². The molecular formula is C19H26N2. The van der Waals surface area contributed by atoms with E-state index in [2.05, 4.69) is 74.2 Å². The fourth-order valence-electron chi connectivity index (χ4n) is 2.66. The summed E-state index contributed by atoms with van der Waals surface area (Å²) in [5.74, 6) is 0. The molecule has 0 heterocycles. The lowest BCUT2D eigenvalue weighted by Gasteiger charge is -2.27. The highest BCUT2D eigenvalue weighted by atomic mass is 15.1. The molecule has 0 aliphatic rings. The molecule has 0 amide bonds. The van der Waals surface area contributed by atoms with Gasteiger partial charge in [0.2, 0.25) is 0 Å². The number of anilines is 2. The first-order valence-electron chi connectivity index (χ1n) is 7.83. The van der Waals surface area contributed by atoms with E-state index in [1.807, 2.05) is 0 Å². The number of hydrogen-bond donors (Lipinski definition) is 1. The van der Waals surface area contributed by atoms with Gasteiger partial charge in [0, 0.05) is 24.0 Å². The second kappa shape index (κ2) is 7.28. The topological polar surface area (TPSA) is 29.3 Å². The van der Waals surface area contributed by atoms with Gasteiger partial charge < -0.3 is 10.6 Å². The quantitative estimate of drug-likeness (QED) is 0.849. The van der Waals surface area contributed by atoms with Gasteiger partial charge in [0.25, 0.3) is 0 Å². The average molecular weight is 282 g/mol. The van der Waals surface area contributed by atoms with Gasteiger partial charge in [-0.25, -0.2) is 0 Å². The minimum absolute atomic E-state index is 0.224. The molecule has 0 bridgehead atoms. The molecule has 2 rings (SSSR count). The number of benzene rings is 2. The summed E-state index contributed by atoms with van der Waals surface area (Å²) in [6.07, 6.45) is 1.93. The monoisotopic (exact) mass is 282 g/mol. The van der Waals surface area contributed by atoms with E-state index in [-0.39, 0.29) is 6.04 Å². The predicted octanol–water partition coefficient (Wildman–Crippen LogP) is 4.43. The molecule has 2 N–H and O–H groups in total. The Hall–Kier alpha value is -1.80. The first kappa shape index (κ1) is 15.6. The Kier molecular flexibility index (Phi) is 5.40. The van der Waals surface area contributed by atoms with Crippen LogP contribution in [0.3, 0.4) is 0 Å². The van der Waals surface area contributed by atoms with Crippen molar-refractivity contribution in [2.24, 2.45) is 5.73 Å². The maximum absolute atomic E-state index is 6.16. The van der Waals surface area contributed by atoms with Crippen LogP contribution in [0.1, 0.15) is 31.4 Å². The molecule has 2 nitrogen and oxygen atoms in total. The minimum atomic E-state index is 0.224. The van der Waals surface area contributed by atoms with Gasteiger partial charge in [-0.2, -0.15) is 0 Å². The number of hydrogen-bond acceptors (Lipinski definition) is 2. The lowest BCUT2D eigenvalue weighted by molar-refractivity contribution is 0.646. The molecule has 112 valence electrons. The predicted molar refractivity (Wildman–Crippen MR) is 92.3 cm³/mol. The van der Waals surface area contributed by atoms with Crippen molar-refractivity contribution < 1.29 is 0 Å². The summed E-state index contributed by atoms with van der Waals surface area (Å²) in [6.45, 7) is 7.42. The van der Waals surface area contributed by atoms with Crippen LogP contribution in [0, 0.1) is 6.92 Å². The van der Waals surface area contributed by atoms with Crippen LogP contribution in [0.4, 0.5) is 11.4 Å². The van der Waals surface area contributed by atoms with Gasteiger partial charge in [-0.1, -0.05) is 37.3 Å². The highest BCUT2D eigenvalue weighted by Gasteiger charge is 2.13. The Morgan fingerprint density at radius 3 is 2.48 bits per heavy atom. The number of nitrogens with zero attached hydrogens (tertiary/aromatic N) is 1. The minimum Gasteiger partial charge on any atom is -0.342 e. The van der Waals surface area contributed by atoms with Crippen LogP contribution >= 0.6 is 0 Å². The van der Waals surface area contributed by atoms with Crippen molar-refractivity contribution in [3.63, 3.8) is 0 Å². The lowest BCUT2D eigenvalue weighted by Crippen LogP contribution is -2.24. The van der Waals surface area contributed by atoms with Crippen LogP contribution in [0.15, 0.2) is 48.5 Å². The Balaban J connectivity index is 2.38. The van der Waals surface area contributed by atoms with E-state index >= 15 is 0 Å². The molecule has 21 heavy (non-hydrogen) atoms. The molecule has 2 aromatic rings. The summed E-state index contributed by atoms with van der Waals surface area (Å²) < 4.78 is 0. The van der Waals surface area contributed by atoms with E-state index in [9.17, 15) is 0 Å². The van der Waals surface area contributed by atoms with Crippen molar-refractivity contribution in [3.8, 4) is 0 Å². The molecule has 1 atom stereocenters. The van der Waals surface area contributed by atoms with Crippen LogP contribution in [0.5, 0.6) is 0 Å². The molecule has 0 saturated carbocycles. The highest BCUT2D eigenvalue weighted by Crippen LogP contribution is 2.29. The molecule has 0 fully saturated rings. The normalized spacial score (nSPS) is 12.2. The molecular weight excluding hydrogens is 256 g/mol. The van der Waals surface area contributed by atoms with E-state index in [4.69, 9.17) is 5.73 Å². The number of aryl methyl sites for hydroxylation is 1. The number of rotatable bonds is 6. The van der Waals surface area contributed by atoms with Gasteiger partial charge in [0.1, 0.15) is 0 Å². The summed E-state index contributed by atoms with van der Waals surface area (Å²) in [5, 5.41) is 0. The standard InChI is InChI=1S/C19H26N2/c1-4-17(20)14-16-10-6-7-12-19(16)21(5-2)18-11-8-9-15(3)13-18/h6-13,17H,4-5,14,20H2,1-3H3. The third-order valence-corrected chi connectivity index (χ3v) is 3.92. The van der Waals surface area contributed by atoms with E-state index in [1.54, 1.807) is 0 Å². The fourth-order valence-corrected chi connectivity index (χ4v) is 2.66. The number of nitrogens with two attached hydrogens (primary N) is 1. The van der Waals surface area contributed by atoms with Crippen molar-refractivity contribution in [1.29, 1.82) is 0 Å². The maximum atomic E-state index is 6.16. The van der Waals surface area contributed by atoms with E-state index < -0.39 is 0 Å². The Morgan fingerprint density at radius 2 is 1.81 bits per heavy atom. The summed E-state index contributed by atoms with van der Waals surface area (Å²) >= 11 is 0. The van der Waals surface area contributed by atoms with E-state index in [0.717, 1.165) is 19.4 Å². The van der Waals surface area contributed by atoms with Gasteiger partial charge in [-0.15, -0.1) is 0 Å². The van der Waals surface area contributed by atoms with Crippen molar-refractivity contribution in [2.75, 3.05) is 11.4 Å². The van der Waals surface area contributed by atoms with Crippen molar-refractivity contribution >= 4 is 11.4 Å². The second-order valence-corrected chi connectivity index (χ2v) is 5.58. The van der Waals surface area contributed by atoms with Crippen LogP contribution in [0.25, 0.3) is 0 Å². The molecule has 2 aromatic carbocycles. The molecule has 0 radical (unpaired) electrons. The third kappa shape index (κ3) is 3.85. The molecule has 0 aliphatic carbocycles. The summed E-state index contributed by atoms with van der Waals surface area (Å²) in [4.78, 5) is 2.37. The lowest BCUT2D eigenvalue weighted by atomic mass is 10.0. The summed E-state index contributed by atoms with van der Waals surface area (Å²) in [6, 6.07) is 17.5. The largest absolute Gasteiger partial charge is 0.342 e. The zero-order valence-corrected chi connectivity index (χ0v) is 13.3. The van der Waals surface area contributed by atoms with Crippen molar-refractivity contribution in [1.82, 2.24) is 0 Å². The number of para-hydroxylation sites is 1. The Bertz CT molecular complexity index is 577. The molecule has 2 heteroatoms. The van der Waals surface area contributed by atoms with Crippen molar-refractivity contribution in [3.05, 3.63) is 59.7 Å². The van der Waals surface area contributed by atoms with E-state index in [1.165, 1.54) is 22.5 Å². The highest BCUT2D eigenvalue weighted by molar-refractivity contribution is 5.67. The maximum Gasteiger partial charge on any atom is 0.0443 e. The smallest absolute Gasteiger partial charge is 0.0443 e. The molecule has 0 saturated heterocycles. The van der Waals surface area contributed by atoms with Gasteiger partial charge >= 0.3 is 0 Å². The first-order valence-corrected chi connectivity index (χ1v) is 7.83.